The highest BCUT2D eigenvalue weighted by Crippen LogP contribution is 2.64. The van der Waals surface area contributed by atoms with Crippen molar-refractivity contribution in [1.82, 2.24) is 0 Å². The van der Waals surface area contributed by atoms with Gasteiger partial charge in [-0.15, -0.1) is 0 Å². The van der Waals surface area contributed by atoms with Crippen LogP contribution in [0.15, 0.2) is 71.8 Å². The van der Waals surface area contributed by atoms with Gasteiger partial charge in [-0.05, 0) is 59.1 Å². The van der Waals surface area contributed by atoms with Crippen LogP contribution in [0.1, 0.15) is 47.9 Å². The van der Waals surface area contributed by atoms with Crippen LogP contribution in [-0.4, -0.2) is 18.3 Å². The number of hydrogen-bond donors (Lipinski definition) is 2. The van der Waals surface area contributed by atoms with Gasteiger partial charge in [-0.1, -0.05) is 60.7 Å². The molecule has 26 heavy (non-hydrogen) atoms. The van der Waals surface area contributed by atoms with Gasteiger partial charge in [0.1, 0.15) is 0 Å². The molecule has 2 bridgehead atoms. The van der Waals surface area contributed by atoms with E-state index in [0.717, 1.165) is 25.7 Å². The molecule has 2 aromatic rings. The van der Waals surface area contributed by atoms with E-state index in [1.807, 2.05) is 0 Å². The molecule has 4 aliphatic rings. The summed E-state index contributed by atoms with van der Waals surface area (Å²) >= 11 is 0. The van der Waals surface area contributed by atoms with Crippen molar-refractivity contribution in [2.24, 2.45) is 5.73 Å². The Kier molecular flexibility index (Phi) is 3.50. The highest BCUT2D eigenvalue weighted by Gasteiger charge is 2.58. The van der Waals surface area contributed by atoms with Crippen molar-refractivity contribution in [1.29, 1.82) is 0 Å². The van der Waals surface area contributed by atoms with Gasteiger partial charge in [0.25, 0.3) is 0 Å². The van der Waals surface area contributed by atoms with Crippen LogP contribution in [0.5, 0.6) is 0 Å². The lowest BCUT2D eigenvalue weighted by atomic mass is 9.45. The number of rotatable bonds is 4. The first-order valence-electron chi connectivity index (χ1n) is 9.72. The maximum Gasteiger partial charge on any atom is 0.0545 e. The van der Waals surface area contributed by atoms with Gasteiger partial charge in [0.2, 0.25) is 0 Å². The Bertz CT molecular complexity index is 889. The molecule has 0 atom stereocenters. The van der Waals surface area contributed by atoms with E-state index in [1.165, 1.54) is 33.4 Å². The fourth-order valence-electron chi connectivity index (χ4n) is 5.96. The Labute approximate surface area is 155 Å². The molecule has 2 nitrogen and oxygen atoms in total. The first kappa shape index (κ1) is 16.0. The number of nitrogens with two attached hydrogens (primary N) is 1. The molecule has 0 spiro atoms. The first-order chi connectivity index (χ1) is 12.8. The predicted molar refractivity (Wildman–Crippen MR) is 105 cm³/mol. The smallest absolute Gasteiger partial charge is 0.0545 e. The van der Waals surface area contributed by atoms with E-state index in [9.17, 15) is 5.11 Å². The van der Waals surface area contributed by atoms with Gasteiger partial charge >= 0.3 is 0 Å². The van der Waals surface area contributed by atoms with E-state index in [-0.39, 0.29) is 17.4 Å². The normalized spacial score (nSPS) is 27.9. The molecule has 0 saturated carbocycles. The summed E-state index contributed by atoms with van der Waals surface area (Å²) in [6.07, 6.45) is 8.56. The Morgan fingerprint density at radius 1 is 0.885 bits per heavy atom. The minimum absolute atomic E-state index is 0.154. The summed E-state index contributed by atoms with van der Waals surface area (Å²) in [5.74, 6) is 0. The van der Waals surface area contributed by atoms with Crippen LogP contribution < -0.4 is 5.73 Å². The van der Waals surface area contributed by atoms with Crippen molar-refractivity contribution < 1.29 is 5.11 Å². The van der Waals surface area contributed by atoms with Gasteiger partial charge in [0.15, 0.2) is 0 Å². The Morgan fingerprint density at radius 2 is 1.46 bits per heavy atom. The summed E-state index contributed by atoms with van der Waals surface area (Å²) in [7, 11) is 0. The second-order valence-electron chi connectivity index (χ2n) is 7.77. The highest BCUT2D eigenvalue weighted by atomic mass is 16.2. The van der Waals surface area contributed by atoms with Crippen LogP contribution >= 0.6 is 0 Å². The summed E-state index contributed by atoms with van der Waals surface area (Å²) in [5.41, 5.74) is 14.7. The average molecular weight is 343 g/mol. The molecule has 0 aliphatic heterocycles. The highest BCUT2D eigenvalue weighted by molar-refractivity contribution is 5.75. The standard InChI is InChI=1S/C24H25NO/c25-16-24-20-11-4-1-8-17(20)23(14-7-15-26,18-9-2-5-12-21(18)24)19-10-3-6-13-22(19)24/h1-5,8-12,26H,6-7,13-16,25H2. The molecule has 0 saturated heterocycles. The van der Waals surface area contributed by atoms with E-state index >= 15 is 0 Å². The molecule has 4 aliphatic carbocycles. The molecular formula is C24H25NO. The van der Waals surface area contributed by atoms with E-state index < -0.39 is 0 Å². The maximum atomic E-state index is 9.65. The van der Waals surface area contributed by atoms with E-state index in [1.54, 1.807) is 0 Å². The number of hydrogen-bond acceptors (Lipinski definition) is 2. The zero-order valence-corrected chi connectivity index (χ0v) is 15.0. The third kappa shape index (κ3) is 1.69. The molecule has 2 aromatic carbocycles. The maximum absolute atomic E-state index is 9.65. The summed E-state index contributed by atoms with van der Waals surface area (Å²) < 4.78 is 0. The van der Waals surface area contributed by atoms with Crippen molar-refractivity contribution in [2.45, 2.75) is 36.5 Å². The largest absolute Gasteiger partial charge is 0.396 e. The van der Waals surface area contributed by atoms with Crippen molar-refractivity contribution in [3.8, 4) is 0 Å². The SMILES string of the molecule is NCC12C3=C(C=CCC3)C(CCCO)(c3ccccc31)c1ccccc12. The van der Waals surface area contributed by atoms with Crippen molar-refractivity contribution >= 4 is 0 Å². The second-order valence-corrected chi connectivity index (χ2v) is 7.77. The van der Waals surface area contributed by atoms with E-state index in [2.05, 4.69) is 60.7 Å². The lowest BCUT2D eigenvalue weighted by Crippen LogP contribution is -2.54. The molecule has 0 heterocycles. The Hall–Kier alpha value is -2.16. The summed E-state index contributed by atoms with van der Waals surface area (Å²) in [6.45, 7) is 0.824. The molecule has 0 aromatic heterocycles. The monoisotopic (exact) mass is 343 g/mol. The third-order valence-corrected chi connectivity index (χ3v) is 6.85. The molecule has 0 unspecified atom stereocenters. The van der Waals surface area contributed by atoms with Crippen molar-refractivity contribution in [2.75, 3.05) is 13.2 Å². The van der Waals surface area contributed by atoms with E-state index in [0.29, 0.717) is 6.54 Å². The molecule has 0 radical (unpaired) electrons. The Balaban J connectivity index is 1.95. The van der Waals surface area contributed by atoms with Gasteiger partial charge in [-0.3, -0.25) is 0 Å². The second kappa shape index (κ2) is 5.67. The van der Waals surface area contributed by atoms with Crippen molar-refractivity contribution in [3.05, 3.63) is 94.1 Å². The number of aliphatic hydroxyl groups excluding tert-OH is 1. The zero-order chi connectivity index (χ0) is 17.8. The van der Waals surface area contributed by atoms with Gasteiger partial charge in [0.05, 0.1) is 5.41 Å². The van der Waals surface area contributed by atoms with Crippen LogP contribution in [0.25, 0.3) is 0 Å². The minimum atomic E-state index is -0.200. The molecule has 3 N–H and O–H groups in total. The number of benzene rings is 2. The lowest BCUT2D eigenvalue weighted by Gasteiger charge is -2.58. The summed E-state index contributed by atoms with van der Waals surface area (Å²) in [4.78, 5) is 0. The van der Waals surface area contributed by atoms with Gasteiger partial charge in [-0.25, -0.2) is 0 Å². The lowest BCUT2D eigenvalue weighted by molar-refractivity contribution is 0.270. The fourth-order valence-corrected chi connectivity index (χ4v) is 5.96. The van der Waals surface area contributed by atoms with Crippen molar-refractivity contribution in [3.63, 3.8) is 0 Å². The average Bonchev–Trinajstić information content (AvgIpc) is 2.72. The molecule has 132 valence electrons. The summed E-state index contributed by atoms with van der Waals surface area (Å²) in [5, 5.41) is 9.65. The molecule has 0 amide bonds. The Morgan fingerprint density at radius 3 is 2.00 bits per heavy atom. The van der Waals surface area contributed by atoms with Gasteiger partial charge in [0, 0.05) is 18.6 Å². The van der Waals surface area contributed by atoms with Crippen LogP contribution in [0.4, 0.5) is 0 Å². The van der Waals surface area contributed by atoms with Gasteiger partial charge in [-0.2, -0.15) is 0 Å². The molecule has 6 rings (SSSR count). The number of aliphatic hydroxyl groups is 1. The summed E-state index contributed by atoms with van der Waals surface area (Å²) in [6, 6.07) is 17.8. The number of allylic oxidation sites excluding steroid dienone is 3. The van der Waals surface area contributed by atoms with Crippen LogP contribution in [0.2, 0.25) is 0 Å². The predicted octanol–water partition coefficient (Wildman–Crippen LogP) is 3.96. The van der Waals surface area contributed by atoms with Crippen LogP contribution in [0.3, 0.4) is 0 Å². The van der Waals surface area contributed by atoms with Gasteiger partial charge < -0.3 is 10.8 Å². The van der Waals surface area contributed by atoms with Crippen LogP contribution in [0, 0.1) is 0 Å². The fraction of sp³-hybridized carbons (Fsp3) is 0.333. The molecule has 0 fully saturated rings. The minimum Gasteiger partial charge on any atom is -0.396 e. The topological polar surface area (TPSA) is 46.2 Å². The van der Waals surface area contributed by atoms with Crippen LogP contribution in [-0.2, 0) is 10.8 Å². The quantitative estimate of drug-likeness (QED) is 0.882. The third-order valence-electron chi connectivity index (χ3n) is 6.85. The molecule has 2 heteroatoms. The molecular weight excluding hydrogens is 318 g/mol. The zero-order valence-electron chi connectivity index (χ0n) is 15.0. The van der Waals surface area contributed by atoms with E-state index in [4.69, 9.17) is 5.73 Å². The first-order valence-corrected chi connectivity index (χ1v) is 9.72.